The van der Waals surface area contributed by atoms with Gasteiger partial charge in [0.05, 0.1) is 4.83 Å². The van der Waals surface area contributed by atoms with Gasteiger partial charge in [0, 0.05) is 19.1 Å². The largest absolute Gasteiger partial charge is 0.424 e. The second kappa shape index (κ2) is 5.07. The van der Waals surface area contributed by atoms with Crippen LogP contribution in [0.15, 0.2) is 4.42 Å². The maximum atomic E-state index is 5.65. The average Bonchev–Trinajstić information content (AvgIpc) is 2.78. The van der Waals surface area contributed by atoms with Gasteiger partial charge in [-0.1, -0.05) is 22.9 Å². The van der Waals surface area contributed by atoms with Crippen LogP contribution in [-0.2, 0) is 4.74 Å². The van der Waals surface area contributed by atoms with Crippen molar-refractivity contribution in [2.24, 2.45) is 0 Å². The Morgan fingerprint density at radius 2 is 2.13 bits per heavy atom. The van der Waals surface area contributed by atoms with E-state index in [-0.39, 0.29) is 4.83 Å². The molecule has 84 valence electrons. The van der Waals surface area contributed by atoms with E-state index in [1.54, 1.807) is 0 Å². The van der Waals surface area contributed by atoms with Crippen molar-refractivity contribution < 1.29 is 9.15 Å². The molecule has 0 N–H and O–H groups in total. The van der Waals surface area contributed by atoms with Crippen LogP contribution in [0.2, 0.25) is 0 Å². The lowest BCUT2D eigenvalue weighted by Crippen LogP contribution is -2.14. The third-order valence-corrected chi connectivity index (χ3v) is 3.69. The monoisotopic (exact) mass is 274 g/mol. The van der Waals surface area contributed by atoms with Crippen molar-refractivity contribution in [1.29, 1.82) is 0 Å². The first-order valence-corrected chi connectivity index (χ1v) is 6.28. The molecule has 0 aromatic carbocycles. The Bertz CT molecular complexity index is 310. The minimum Gasteiger partial charge on any atom is -0.424 e. The fourth-order valence-corrected chi connectivity index (χ4v) is 1.84. The van der Waals surface area contributed by atoms with Gasteiger partial charge in [0.25, 0.3) is 0 Å². The first-order valence-electron chi connectivity index (χ1n) is 5.36. The molecular weight excluding hydrogens is 260 g/mol. The van der Waals surface area contributed by atoms with E-state index in [2.05, 4.69) is 33.1 Å². The minimum absolute atomic E-state index is 0.179. The number of hydrogen-bond donors (Lipinski definition) is 0. The van der Waals surface area contributed by atoms with Crippen LogP contribution in [0.4, 0.5) is 0 Å². The summed E-state index contributed by atoms with van der Waals surface area (Å²) in [5.41, 5.74) is 0. The molecule has 2 rings (SSSR count). The van der Waals surface area contributed by atoms with E-state index in [0.29, 0.717) is 11.8 Å². The summed E-state index contributed by atoms with van der Waals surface area (Å²) in [5, 5.41) is 8.16. The van der Waals surface area contributed by atoms with Crippen molar-refractivity contribution in [3.8, 4) is 0 Å². The Hall–Kier alpha value is -0.420. The van der Waals surface area contributed by atoms with E-state index in [0.717, 1.165) is 38.4 Å². The summed E-state index contributed by atoms with van der Waals surface area (Å²) in [5.74, 6) is 1.85. The molecule has 0 bridgehead atoms. The molecule has 0 aliphatic carbocycles. The number of rotatable bonds is 3. The number of hydrogen-bond acceptors (Lipinski definition) is 4. The average molecular weight is 275 g/mol. The normalized spacial score (nSPS) is 20.4. The van der Waals surface area contributed by atoms with E-state index in [4.69, 9.17) is 9.15 Å². The van der Waals surface area contributed by atoms with Crippen LogP contribution in [0.3, 0.4) is 0 Å². The minimum atomic E-state index is 0.179. The zero-order chi connectivity index (χ0) is 10.7. The molecule has 1 atom stereocenters. The first kappa shape index (κ1) is 11.1. The number of nitrogens with zero attached hydrogens (tertiary/aromatic N) is 2. The SMILES string of the molecule is CCC(Br)c1nnc(C2CCOCC2)o1. The quantitative estimate of drug-likeness (QED) is 0.796. The number of ether oxygens (including phenoxy) is 1. The van der Waals surface area contributed by atoms with Crippen LogP contribution in [0.1, 0.15) is 48.7 Å². The molecule has 4 nitrogen and oxygen atoms in total. The van der Waals surface area contributed by atoms with Crippen LogP contribution in [0, 0.1) is 0 Å². The third-order valence-electron chi connectivity index (χ3n) is 2.65. The molecule has 1 aromatic heterocycles. The third kappa shape index (κ3) is 2.58. The summed E-state index contributed by atoms with van der Waals surface area (Å²) in [6.07, 6.45) is 2.93. The summed E-state index contributed by atoms with van der Waals surface area (Å²) < 4.78 is 10.9. The van der Waals surface area contributed by atoms with Crippen molar-refractivity contribution >= 4 is 15.9 Å². The van der Waals surface area contributed by atoms with Gasteiger partial charge in [-0.15, -0.1) is 10.2 Å². The molecule has 0 spiro atoms. The van der Waals surface area contributed by atoms with E-state index < -0.39 is 0 Å². The second-order valence-electron chi connectivity index (χ2n) is 3.74. The van der Waals surface area contributed by atoms with Gasteiger partial charge in [-0.2, -0.15) is 0 Å². The molecule has 1 fully saturated rings. The van der Waals surface area contributed by atoms with Gasteiger partial charge in [-0.05, 0) is 19.3 Å². The van der Waals surface area contributed by atoms with Gasteiger partial charge >= 0.3 is 0 Å². The van der Waals surface area contributed by atoms with Gasteiger partial charge < -0.3 is 9.15 Å². The smallest absolute Gasteiger partial charge is 0.230 e. The summed E-state index contributed by atoms with van der Waals surface area (Å²) in [7, 11) is 0. The highest BCUT2D eigenvalue weighted by Gasteiger charge is 2.23. The first-order chi connectivity index (χ1) is 7.31. The van der Waals surface area contributed by atoms with Crippen molar-refractivity contribution in [3.05, 3.63) is 11.8 Å². The Morgan fingerprint density at radius 3 is 2.80 bits per heavy atom. The van der Waals surface area contributed by atoms with Crippen LogP contribution in [-0.4, -0.2) is 23.4 Å². The number of halogens is 1. The fraction of sp³-hybridized carbons (Fsp3) is 0.800. The molecule has 0 amide bonds. The highest BCUT2D eigenvalue weighted by molar-refractivity contribution is 9.09. The molecule has 1 saturated heterocycles. The highest BCUT2D eigenvalue weighted by atomic mass is 79.9. The summed E-state index contributed by atoms with van der Waals surface area (Å²) in [6.45, 7) is 3.68. The lowest BCUT2D eigenvalue weighted by atomic mass is 10.0. The summed E-state index contributed by atoms with van der Waals surface area (Å²) >= 11 is 3.50. The van der Waals surface area contributed by atoms with E-state index in [1.165, 1.54) is 0 Å². The van der Waals surface area contributed by atoms with Crippen LogP contribution >= 0.6 is 15.9 Å². The van der Waals surface area contributed by atoms with Crippen LogP contribution in [0.5, 0.6) is 0 Å². The van der Waals surface area contributed by atoms with Crippen LogP contribution < -0.4 is 0 Å². The zero-order valence-electron chi connectivity index (χ0n) is 8.78. The molecule has 1 aromatic rings. The Morgan fingerprint density at radius 1 is 1.40 bits per heavy atom. The predicted octanol–water partition coefficient (Wildman–Crippen LogP) is 2.81. The summed E-state index contributed by atoms with van der Waals surface area (Å²) in [4.78, 5) is 0.179. The maximum Gasteiger partial charge on any atom is 0.230 e. The lowest BCUT2D eigenvalue weighted by molar-refractivity contribution is 0.0791. The molecule has 1 aliphatic heterocycles. The standard InChI is InChI=1S/C10H15BrN2O2/c1-2-8(11)10-13-12-9(15-10)7-3-5-14-6-4-7/h7-8H,2-6H2,1H3. The number of alkyl halides is 1. The Labute approximate surface area is 97.5 Å². The molecule has 0 radical (unpaired) electrons. The lowest BCUT2D eigenvalue weighted by Gasteiger charge is -2.18. The zero-order valence-corrected chi connectivity index (χ0v) is 10.4. The van der Waals surface area contributed by atoms with Gasteiger partial charge in [-0.3, -0.25) is 0 Å². The molecule has 5 heteroatoms. The molecular formula is C10H15BrN2O2. The fourth-order valence-electron chi connectivity index (χ4n) is 1.66. The van der Waals surface area contributed by atoms with E-state index >= 15 is 0 Å². The van der Waals surface area contributed by atoms with Crippen molar-refractivity contribution in [2.45, 2.75) is 36.9 Å². The van der Waals surface area contributed by atoms with Crippen molar-refractivity contribution in [3.63, 3.8) is 0 Å². The molecule has 2 heterocycles. The topological polar surface area (TPSA) is 48.2 Å². The predicted molar refractivity (Wildman–Crippen MR) is 59.1 cm³/mol. The van der Waals surface area contributed by atoms with Crippen molar-refractivity contribution in [1.82, 2.24) is 10.2 Å². The van der Waals surface area contributed by atoms with Gasteiger partial charge in [0.2, 0.25) is 11.8 Å². The molecule has 15 heavy (non-hydrogen) atoms. The molecule has 1 aliphatic rings. The van der Waals surface area contributed by atoms with Crippen LogP contribution in [0.25, 0.3) is 0 Å². The van der Waals surface area contributed by atoms with Gasteiger partial charge in [-0.25, -0.2) is 0 Å². The molecule has 1 unspecified atom stereocenters. The Kier molecular flexibility index (Phi) is 3.75. The summed E-state index contributed by atoms with van der Waals surface area (Å²) in [6, 6.07) is 0. The van der Waals surface area contributed by atoms with E-state index in [1.807, 2.05) is 0 Å². The van der Waals surface area contributed by atoms with E-state index in [9.17, 15) is 0 Å². The second-order valence-corrected chi connectivity index (χ2v) is 4.85. The molecule has 0 saturated carbocycles. The number of aromatic nitrogens is 2. The van der Waals surface area contributed by atoms with Crippen molar-refractivity contribution in [2.75, 3.05) is 13.2 Å². The van der Waals surface area contributed by atoms with Gasteiger partial charge in [0.1, 0.15) is 0 Å². The maximum absolute atomic E-state index is 5.65. The Balaban J connectivity index is 2.05. The van der Waals surface area contributed by atoms with Gasteiger partial charge in [0.15, 0.2) is 0 Å². The highest BCUT2D eigenvalue weighted by Crippen LogP contribution is 2.30.